The topological polar surface area (TPSA) is 79.0 Å². The molecule has 8 heteroatoms. The van der Waals surface area contributed by atoms with E-state index in [1.807, 2.05) is 0 Å². The number of hydrogen-bond acceptors (Lipinski definition) is 4. The lowest BCUT2D eigenvalue weighted by Gasteiger charge is -2.40. The number of amides is 1. The van der Waals surface area contributed by atoms with Gasteiger partial charge in [-0.25, -0.2) is 4.79 Å². The molecule has 1 heterocycles. The van der Waals surface area contributed by atoms with Crippen LogP contribution in [0, 0.1) is 16.7 Å². The van der Waals surface area contributed by atoms with Crippen molar-refractivity contribution in [2.75, 3.05) is 32.8 Å². The molecule has 1 N–H and O–H groups in total. The van der Waals surface area contributed by atoms with Crippen LogP contribution in [0.25, 0.3) is 0 Å². The average Bonchev–Trinajstić information content (AvgIpc) is 2.88. The lowest BCUT2D eigenvalue weighted by Crippen LogP contribution is -2.56. The molecule has 0 unspecified atom stereocenters. The van der Waals surface area contributed by atoms with E-state index in [0.29, 0.717) is 38.7 Å². The summed E-state index contributed by atoms with van der Waals surface area (Å²) in [7, 11) is -3.53. The first-order valence-corrected chi connectivity index (χ1v) is 10.7. The van der Waals surface area contributed by atoms with Crippen LogP contribution in [0.3, 0.4) is 0 Å². The van der Waals surface area contributed by atoms with Gasteiger partial charge in [-0.2, -0.15) is 17.4 Å². The Bertz CT molecular complexity index is 628. The number of hydrogen-bond donors (Lipinski definition) is 1. The van der Waals surface area contributed by atoms with Gasteiger partial charge in [0.05, 0.1) is 6.61 Å². The van der Waals surface area contributed by atoms with Crippen molar-refractivity contribution >= 4 is 16.3 Å². The minimum Gasteiger partial charge on any atom is -0.450 e. The number of carbonyl (C=O) groups excluding carboxylic acids is 1. The molecule has 0 aromatic heterocycles. The predicted molar refractivity (Wildman–Crippen MR) is 95.2 cm³/mol. The summed E-state index contributed by atoms with van der Waals surface area (Å²) in [6.45, 7) is 10.2. The van der Waals surface area contributed by atoms with Crippen molar-refractivity contribution in [3.05, 3.63) is 0 Å². The normalized spacial score (nSPS) is 35.1. The molecule has 3 fully saturated rings. The van der Waals surface area contributed by atoms with Crippen molar-refractivity contribution in [3.63, 3.8) is 0 Å². The van der Waals surface area contributed by atoms with Gasteiger partial charge in [0.15, 0.2) is 0 Å². The maximum atomic E-state index is 12.9. The molecule has 0 spiro atoms. The van der Waals surface area contributed by atoms with Crippen LogP contribution in [-0.2, 0) is 14.9 Å². The number of ether oxygens (including phenoxy) is 1. The minimum atomic E-state index is -3.53. The molecule has 3 rings (SSSR count). The smallest absolute Gasteiger partial charge is 0.409 e. The molecule has 3 aliphatic rings. The molecule has 25 heavy (non-hydrogen) atoms. The second kappa shape index (κ2) is 6.39. The molecular formula is C17H31N3O4S. The molecule has 0 aromatic carbocycles. The summed E-state index contributed by atoms with van der Waals surface area (Å²) in [4.78, 5) is 13.3. The third kappa shape index (κ3) is 3.06. The monoisotopic (exact) mass is 373 g/mol. The molecule has 3 atom stereocenters. The lowest BCUT2D eigenvalue weighted by atomic mass is 9.69. The molecule has 0 radical (unpaired) electrons. The first-order valence-electron chi connectivity index (χ1n) is 9.31. The summed E-state index contributed by atoms with van der Waals surface area (Å²) in [5.74, 6) is 0.589. The van der Waals surface area contributed by atoms with Crippen molar-refractivity contribution in [1.82, 2.24) is 13.9 Å². The molecule has 144 valence electrons. The standard InChI is InChI=1S/C17H31N3O4S/c1-5-24-15(21)19-8-10-20(11-9-19)25(22,23)18-14-12-13-6-7-17(14,4)16(13,2)3/h13-14,18H,5-12H2,1-4H3/t13-,14+,17-/m1/s1. The zero-order valence-corrected chi connectivity index (χ0v) is 16.6. The fraction of sp³-hybridized carbons (Fsp3) is 0.941. The second-order valence-corrected chi connectivity index (χ2v) is 10.1. The molecule has 2 aliphatic carbocycles. The molecule has 1 amide bonds. The van der Waals surface area contributed by atoms with Crippen molar-refractivity contribution in [2.45, 2.75) is 53.0 Å². The van der Waals surface area contributed by atoms with Crippen molar-refractivity contribution < 1.29 is 17.9 Å². The average molecular weight is 374 g/mol. The highest BCUT2D eigenvalue weighted by atomic mass is 32.2. The summed E-state index contributed by atoms with van der Waals surface area (Å²) in [5.41, 5.74) is 0.181. The van der Waals surface area contributed by atoms with E-state index in [2.05, 4.69) is 25.5 Å². The Hall–Kier alpha value is -0.860. The Balaban J connectivity index is 1.62. The van der Waals surface area contributed by atoms with Gasteiger partial charge in [-0.05, 0) is 42.9 Å². The molecular weight excluding hydrogens is 342 g/mol. The Morgan fingerprint density at radius 3 is 2.32 bits per heavy atom. The second-order valence-electron chi connectivity index (χ2n) is 8.37. The fourth-order valence-corrected chi connectivity index (χ4v) is 6.47. The van der Waals surface area contributed by atoms with Crippen molar-refractivity contribution in [1.29, 1.82) is 0 Å². The van der Waals surface area contributed by atoms with Crippen LogP contribution >= 0.6 is 0 Å². The number of nitrogens with zero attached hydrogens (tertiary/aromatic N) is 2. The van der Waals surface area contributed by atoms with E-state index in [-0.39, 0.29) is 23.0 Å². The molecule has 2 bridgehead atoms. The quantitative estimate of drug-likeness (QED) is 0.815. The first-order chi connectivity index (χ1) is 11.6. The molecule has 1 saturated heterocycles. The predicted octanol–water partition coefficient (Wildman–Crippen LogP) is 1.81. The van der Waals surface area contributed by atoms with Gasteiger partial charge in [0.2, 0.25) is 0 Å². The number of nitrogens with one attached hydrogen (secondary N) is 1. The third-order valence-corrected chi connectivity index (χ3v) is 8.82. The van der Waals surface area contributed by atoms with Gasteiger partial charge in [0.25, 0.3) is 10.2 Å². The van der Waals surface area contributed by atoms with Crippen LogP contribution in [0.5, 0.6) is 0 Å². The summed E-state index contributed by atoms with van der Waals surface area (Å²) in [5, 5.41) is 0. The number of rotatable bonds is 4. The summed E-state index contributed by atoms with van der Waals surface area (Å²) >= 11 is 0. The van der Waals surface area contributed by atoms with Gasteiger partial charge in [-0.15, -0.1) is 0 Å². The minimum absolute atomic E-state index is 0.00524. The van der Waals surface area contributed by atoms with Crippen molar-refractivity contribution in [3.8, 4) is 0 Å². The van der Waals surface area contributed by atoms with E-state index in [1.165, 1.54) is 10.7 Å². The Kier molecular flexibility index (Phi) is 4.83. The highest BCUT2D eigenvalue weighted by molar-refractivity contribution is 7.87. The number of fused-ring (bicyclic) bond motifs is 2. The van der Waals surface area contributed by atoms with E-state index in [4.69, 9.17) is 4.74 Å². The highest BCUT2D eigenvalue weighted by Crippen LogP contribution is 2.65. The summed E-state index contributed by atoms with van der Waals surface area (Å²) in [6.07, 6.45) is 2.83. The van der Waals surface area contributed by atoms with Crippen LogP contribution in [0.4, 0.5) is 4.79 Å². The number of carbonyl (C=O) groups is 1. The SMILES string of the molecule is CCOC(=O)N1CCN(S(=O)(=O)N[C@H]2C[C@H]3CC[C@@]2(C)C3(C)C)CC1. The number of piperazine rings is 1. The molecule has 2 saturated carbocycles. The van der Waals surface area contributed by atoms with Crippen LogP contribution in [-0.4, -0.2) is 62.5 Å². The van der Waals surface area contributed by atoms with Gasteiger partial charge >= 0.3 is 6.09 Å². The van der Waals surface area contributed by atoms with Gasteiger partial charge in [0, 0.05) is 32.2 Å². The van der Waals surface area contributed by atoms with E-state index >= 15 is 0 Å². The maximum Gasteiger partial charge on any atom is 0.409 e. The Morgan fingerprint density at radius 1 is 1.20 bits per heavy atom. The Labute approximate surface area is 151 Å². The third-order valence-electron chi connectivity index (χ3n) is 7.19. The van der Waals surface area contributed by atoms with Crippen LogP contribution in [0.2, 0.25) is 0 Å². The largest absolute Gasteiger partial charge is 0.450 e. The van der Waals surface area contributed by atoms with Crippen LogP contribution in [0.15, 0.2) is 0 Å². The molecule has 7 nitrogen and oxygen atoms in total. The van der Waals surface area contributed by atoms with Gasteiger partial charge in [0.1, 0.15) is 0 Å². The van der Waals surface area contributed by atoms with Crippen LogP contribution < -0.4 is 4.72 Å². The van der Waals surface area contributed by atoms with Gasteiger partial charge < -0.3 is 9.64 Å². The maximum absolute atomic E-state index is 12.9. The first kappa shape index (κ1) is 18.9. The molecule has 0 aromatic rings. The molecule has 1 aliphatic heterocycles. The lowest BCUT2D eigenvalue weighted by molar-refractivity contribution is 0.0926. The van der Waals surface area contributed by atoms with Gasteiger partial charge in [-0.3, -0.25) is 0 Å². The van der Waals surface area contributed by atoms with Crippen LogP contribution in [0.1, 0.15) is 47.0 Å². The van der Waals surface area contributed by atoms with E-state index in [9.17, 15) is 13.2 Å². The van der Waals surface area contributed by atoms with E-state index in [1.54, 1.807) is 11.8 Å². The Morgan fingerprint density at radius 2 is 1.84 bits per heavy atom. The van der Waals surface area contributed by atoms with Gasteiger partial charge in [-0.1, -0.05) is 20.8 Å². The van der Waals surface area contributed by atoms with E-state index < -0.39 is 10.2 Å². The van der Waals surface area contributed by atoms with E-state index in [0.717, 1.165) is 12.8 Å². The fourth-order valence-electron chi connectivity index (χ4n) is 4.96. The van der Waals surface area contributed by atoms with Crippen molar-refractivity contribution in [2.24, 2.45) is 16.7 Å². The highest BCUT2D eigenvalue weighted by Gasteiger charge is 2.62. The summed E-state index contributed by atoms with van der Waals surface area (Å²) in [6, 6.07) is -0.00524. The zero-order chi connectivity index (χ0) is 18.5. The summed E-state index contributed by atoms with van der Waals surface area (Å²) < 4.78 is 35.1. The zero-order valence-electron chi connectivity index (χ0n) is 15.7.